The normalized spacial score (nSPS) is 24.9. The van der Waals surface area contributed by atoms with Gasteiger partial charge in [0.2, 0.25) is 11.8 Å². The summed E-state index contributed by atoms with van der Waals surface area (Å²) in [6.07, 6.45) is 4.57. The van der Waals surface area contributed by atoms with E-state index in [0.717, 1.165) is 25.2 Å². The predicted octanol–water partition coefficient (Wildman–Crippen LogP) is 2.83. The largest absolute Gasteiger partial charge is 0.332 e. The van der Waals surface area contributed by atoms with Crippen LogP contribution in [-0.2, 0) is 29.1 Å². The monoisotopic (exact) mass is 466 g/mol. The molecule has 6 nitrogen and oxygen atoms in total. The maximum absolute atomic E-state index is 13.3. The molecule has 2 aromatic rings. The van der Waals surface area contributed by atoms with Crippen LogP contribution in [-0.4, -0.2) is 83.3 Å². The minimum Gasteiger partial charge on any atom is -0.332 e. The third-order valence-electron chi connectivity index (χ3n) is 7.33. The van der Waals surface area contributed by atoms with E-state index in [4.69, 9.17) is 0 Å². The second kappa shape index (κ2) is 9.95. The summed E-state index contributed by atoms with van der Waals surface area (Å²) in [5.74, 6) is 0.155. The van der Waals surface area contributed by atoms with Gasteiger partial charge in [0, 0.05) is 55.9 Å². The number of benzene rings is 1. The van der Waals surface area contributed by atoms with Crippen molar-refractivity contribution in [1.82, 2.24) is 19.6 Å². The fourth-order valence-electron chi connectivity index (χ4n) is 5.42. The second-order valence-corrected chi connectivity index (χ2v) is 10.9. The molecular formula is C26H34N4O2S. The first-order valence-electron chi connectivity index (χ1n) is 12.2. The van der Waals surface area contributed by atoms with Crippen molar-refractivity contribution in [2.45, 2.75) is 50.9 Å². The van der Waals surface area contributed by atoms with Crippen LogP contribution in [0.5, 0.6) is 0 Å². The van der Waals surface area contributed by atoms with Crippen LogP contribution in [0.25, 0.3) is 0 Å². The Morgan fingerprint density at radius 3 is 2.24 bits per heavy atom. The van der Waals surface area contributed by atoms with E-state index in [9.17, 15) is 9.59 Å². The van der Waals surface area contributed by atoms with Crippen molar-refractivity contribution in [3.8, 4) is 0 Å². The minimum atomic E-state index is -0.405. The van der Waals surface area contributed by atoms with Crippen LogP contribution < -0.4 is 0 Å². The van der Waals surface area contributed by atoms with Gasteiger partial charge in [0.15, 0.2) is 0 Å². The summed E-state index contributed by atoms with van der Waals surface area (Å²) in [7, 11) is 1.79. The number of carbonyl (C=O) groups is 2. The maximum atomic E-state index is 13.3. The Morgan fingerprint density at radius 2 is 1.52 bits per heavy atom. The smallest absolute Gasteiger partial charge is 0.247 e. The van der Waals surface area contributed by atoms with Gasteiger partial charge < -0.3 is 9.80 Å². The van der Waals surface area contributed by atoms with Crippen molar-refractivity contribution in [3.63, 3.8) is 0 Å². The molecule has 0 bridgehead atoms. The number of carbonyl (C=O) groups excluding carboxylic acids is 2. The van der Waals surface area contributed by atoms with E-state index in [-0.39, 0.29) is 17.9 Å². The molecule has 0 aliphatic carbocycles. The fraction of sp³-hybridized carbons (Fsp3) is 0.538. The number of hydrogen-bond donors (Lipinski definition) is 0. The summed E-state index contributed by atoms with van der Waals surface area (Å²) in [6, 6.07) is 13.7. The van der Waals surface area contributed by atoms with Gasteiger partial charge >= 0.3 is 0 Å². The number of fused-ring (bicyclic) bond motifs is 1. The third-order valence-corrected chi connectivity index (χ3v) is 8.38. The van der Waals surface area contributed by atoms with Crippen LogP contribution in [0, 0.1) is 0 Å². The number of rotatable bonds is 6. The number of nitrogens with zero attached hydrogens (tertiary/aromatic N) is 4. The Kier molecular flexibility index (Phi) is 6.81. The second-order valence-electron chi connectivity index (χ2n) is 9.64. The molecule has 7 heteroatoms. The van der Waals surface area contributed by atoms with E-state index in [1.165, 1.54) is 42.1 Å². The van der Waals surface area contributed by atoms with Gasteiger partial charge in [-0.1, -0.05) is 36.8 Å². The molecule has 3 saturated heterocycles. The molecule has 0 radical (unpaired) electrons. The number of likely N-dealkylation sites (N-methyl/N-ethyl adjacent to an activating group) is 1. The van der Waals surface area contributed by atoms with Gasteiger partial charge in [-0.25, -0.2) is 0 Å². The molecule has 5 rings (SSSR count). The molecular weight excluding hydrogens is 432 g/mol. The van der Waals surface area contributed by atoms with Crippen molar-refractivity contribution in [2.24, 2.45) is 0 Å². The third kappa shape index (κ3) is 5.00. The van der Waals surface area contributed by atoms with Gasteiger partial charge in [-0.15, -0.1) is 11.3 Å². The lowest BCUT2D eigenvalue weighted by Crippen LogP contribution is -2.69. The molecule has 2 amide bonds. The van der Waals surface area contributed by atoms with Crippen LogP contribution in [0.15, 0.2) is 42.5 Å². The molecule has 0 unspecified atom stereocenters. The summed E-state index contributed by atoms with van der Waals surface area (Å²) in [5, 5.41) is 0. The van der Waals surface area contributed by atoms with Gasteiger partial charge in [-0.3, -0.25) is 19.4 Å². The maximum Gasteiger partial charge on any atom is 0.247 e. The number of piperazine rings is 2. The zero-order chi connectivity index (χ0) is 22.8. The quantitative estimate of drug-likeness (QED) is 0.657. The van der Waals surface area contributed by atoms with Crippen molar-refractivity contribution in [2.75, 3.05) is 39.8 Å². The van der Waals surface area contributed by atoms with Crippen LogP contribution >= 0.6 is 11.3 Å². The molecule has 0 N–H and O–H groups in total. The Balaban J connectivity index is 1.20. The average Bonchev–Trinajstić information content (AvgIpc) is 3.28. The Hall–Kier alpha value is -2.22. The van der Waals surface area contributed by atoms with Gasteiger partial charge in [-0.2, -0.15) is 0 Å². The van der Waals surface area contributed by atoms with Gasteiger partial charge in [0.1, 0.15) is 12.1 Å². The molecule has 3 aliphatic heterocycles. The molecule has 4 heterocycles. The lowest BCUT2D eigenvalue weighted by molar-refractivity contribution is -0.164. The van der Waals surface area contributed by atoms with E-state index >= 15 is 0 Å². The zero-order valence-electron chi connectivity index (χ0n) is 19.5. The van der Waals surface area contributed by atoms with Gasteiger partial charge in [-0.05, 0) is 43.6 Å². The SMILES string of the molecule is CN1C(=O)[C@H]2CN(Cc3ccc(CN4CCCCC4)s3)CCN2C(=O)[C@@H]1Cc1ccccc1. The van der Waals surface area contributed by atoms with E-state index in [0.29, 0.717) is 19.5 Å². The van der Waals surface area contributed by atoms with E-state index in [1.807, 2.05) is 46.6 Å². The van der Waals surface area contributed by atoms with Gasteiger partial charge in [0.05, 0.1) is 0 Å². The summed E-state index contributed by atoms with van der Waals surface area (Å²) < 4.78 is 0. The average molecular weight is 467 g/mol. The van der Waals surface area contributed by atoms with Crippen molar-refractivity contribution in [1.29, 1.82) is 0 Å². The lowest BCUT2D eigenvalue weighted by Gasteiger charge is -2.48. The highest BCUT2D eigenvalue weighted by Crippen LogP contribution is 2.26. The topological polar surface area (TPSA) is 47.1 Å². The molecule has 176 valence electrons. The fourth-order valence-corrected chi connectivity index (χ4v) is 6.52. The molecule has 3 aliphatic rings. The summed E-state index contributed by atoms with van der Waals surface area (Å²) in [4.78, 5) is 37.7. The summed E-state index contributed by atoms with van der Waals surface area (Å²) in [6.45, 7) is 6.40. The Labute approximate surface area is 200 Å². The van der Waals surface area contributed by atoms with E-state index in [1.54, 1.807) is 11.9 Å². The van der Waals surface area contributed by atoms with Crippen molar-refractivity contribution in [3.05, 3.63) is 57.8 Å². The molecule has 2 atom stereocenters. The molecule has 33 heavy (non-hydrogen) atoms. The predicted molar refractivity (Wildman–Crippen MR) is 131 cm³/mol. The first kappa shape index (κ1) is 22.6. The van der Waals surface area contributed by atoms with Crippen molar-refractivity contribution >= 4 is 23.2 Å². The number of likely N-dealkylation sites (tertiary alicyclic amines) is 1. The molecule has 0 spiro atoms. The lowest BCUT2D eigenvalue weighted by atomic mass is 9.97. The highest BCUT2D eigenvalue weighted by Gasteiger charge is 2.46. The Bertz CT molecular complexity index is 972. The van der Waals surface area contributed by atoms with Gasteiger partial charge in [0.25, 0.3) is 0 Å². The first-order chi connectivity index (χ1) is 16.1. The molecule has 1 aromatic heterocycles. The highest BCUT2D eigenvalue weighted by atomic mass is 32.1. The summed E-state index contributed by atoms with van der Waals surface area (Å²) >= 11 is 1.89. The highest BCUT2D eigenvalue weighted by molar-refractivity contribution is 7.11. The molecule has 0 saturated carbocycles. The standard InChI is InChI=1S/C26H34N4O2S/c1-27-23(16-20-8-4-2-5-9-20)26(32)30-15-14-29(19-24(30)25(27)31)18-22-11-10-21(33-22)17-28-12-6-3-7-13-28/h2,4-5,8-11,23-24H,3,6-7,12-19H2,1H3/t23-,24+/m0/s1. The first-order valence-corrected chi connectivity index (χ1v) is 13.0. The molecule has 1 aromatic carbocycles. The summed E-state index contributed by atoms with van der Waals surface area (Å²) in [5.41, 5.74) is 1.09. The van der Waals surface area contributed by atoms with Crippen LogP contribution in [0.1, 0.15) is 34.6 Å². The van der Waals surface area contributed by atoms with E-state index < -0.39 is 6.04 Å². The Morgan fingerprint density at radius 1 is 0.818 bits per heavy atom. The van der Waals surface area contributed by atoms with E-state index in [2.05, 4.69) is 21.9 Å². The number of thiophene rings is 1. The zero-order valence-corrected chi connectivity index (χ0v) is 20.3. The number of piperidine rings is 1. The van der Waals surface area contributed by atoms with Crippen LogP contribution in [0.4, 0.5) is 0 Å². The van der Waals surface area contributed by atoms with Crippen LogP contribution in [0.3, 0.4) is 0 Å². The number of hydrogen-bond acceptors (Lipinski definition) is 5. The van der Waals surface area contributed by atoms with Crippen molar-refractivity contribution < 1.29 is 9.59 Å². The van der Waals surface area contributed by atoms with Crippen LogP contribution in [0.2, 0.25) is 0 Å². The number of amides is 2. The molecule has 3 fully saturated rings. The minimum absolute atomic E-state index is 0.0669.